The van der Waals surface area contributed by atoms with Gasteiger partial charge in [-0.1, -0.05) is 37.0 Å². The minimum absolute atomic E-state index is 0.0320. The Morgan fingerprint density at radius 3 is 2.33 bits per heavy atom. The van der Waals surface area contributed by atoms with Gasteiger partial charge in [-0.15, -0.1) is 4.99 Å². The van der Waals surface area contributed by atoms with Crippen molar-refractivity contribution >= 4 is 45.9 Å². The number of pyridine rings is 2. The van der Waals surface area contributed by atoms with Gasteiger partial charge in [0, 0.05) is 25.5 Å². The average Bonchev–Trinajstić information content (AvgIpc) is 2.99. The molecule has 3 heterocycles. The quantitative estimate of drug-likeness (QED) is 0.211. The Morgan fingerprint density at radius 2 is 1.79 bits per heavy atom. The van der Waals surface area contributed by atoms with E-state index >= 15 is 0 Å². The van der Waals surface area contributed by atoms with Crippen LogP contribution in [0, 0.1) is 18.4 Å². The van der Waals surface area contributed by atoms with Crippen LogP contribution in [-0.4, -0.2) is 43.7 Å². The minimum Gasteiger partial charge on any atom is -0.339 e. The van der Waals surface area contributed by atoms with Gasteiger partial charge in [0.1, 0.15) is 10.3 Å². The zero-order chi connectivity index (χ0) is 24.4. The van der Waals surface area contributed by atoms with E-state index in [1.54, 1.807) is 12.1 Å². The molecule has 8 nitrogen and oxygen atoms in total. The first kappa shape index (κ1) is 24.7. The number of halogens is 2. The number of nitrogens with zero attached hydrogens (tertiary/aromatic N) is 8. The summed E-state index contributed by atoms with van der Waals surface area (Å²) in [6.45, 7) is 10.8. The second-order valence-electron chi connectivity index (χ2n) is 8.57. The van der Waals surface area contributed by atoms with Crippen LogP contribution >= 0.6 is 23.2 Å². The Labute approximate surface area is 204 Å². The molecule has 0 saturated heterocycles. The molecule has 33 heavy (non-hydrogen) atoms. The highest BCUT2D eigenvalue weighted by molar-refractivity contribution is 6.33. The molecule has 0 unspecified atom stereocenters. The van der Waals surface area contributed by atoms with Gasteiger partial charge in [0.15, 0.2) is 5.65 Å². The van der Waals surface area contributed by atoms with Crippen LogP contribution in [0.25, 0.3) is 11.0 Å². The standard InChI is InChI=1S/C23H28Cl2N8/c1-13(2)18-8-16(28-22-21(18)15(5)30-32(22)7)11-31(6)23(27-12-26)33(14(3)4)17-9-19(24)29-20(25)10-17/h8-10,13-14H,11H2,1-7H3/b27-23-. The van der Waals surface area contributed by atoms with Gasteiger partial charge >= 0.3 is 0 Å². The van der Waals surface area contributed by atoms with E-state index in [1.165, 1.54) is 5.56 Å². The summed E-state index contributed by atoms with van der Waals surface area (Å²) in [6, 6.07) is 5.49. The molecule has 0 aliphatic heterocycles. The zero-order valence-electron chi connectivity index (χ0n) is 19.9. The molecular weight excluding hydrogens is 459 g/mol. The van der Waals surface area contributed by atoms with Crippen LogP contribution in [0.1, 0.15) is 50.6 Å². The molecule has 0 fully saturated rings. The van der Waals surface area contributed by atoms with E-state index in [9.17, 15) is 5.26 Å². The third-order valence-corrected chi connectivity index (χ3v) is 5.71. The lowest BCUT2D eigenvalue weighted by Crippen LogP contribution is -2.46. The third-order valence-electron chi connectivity index (χ3n) is 5.32. The second-order valence-corrected chi connectivity index (χ2v) is 9.34. The van der Waals surface area contributed by atoms with E-state index in [0.29, 0.717) is 24.1 Å². The minimum atomic E-state index is -0.0320. The van der Waals surface area contributed by atoms with Crippen molar-refractivity contribution in [1.29, 1.82) is 5.26 Å². The summed E-state index contributed by atoms with van der Waals surface area (Å²) in [4.78, 5) is 16.8. The molecule has 0 bridgehead atoms. The predicted molar refractivity (Wildman–Crippen MR) is 134 cm³/mol. The van der Waals surface area contributed by atoms with Gasteiger partial charge in [-0.3, -0.25) is 4.68 Å². The number of rotatable bonds is 5. The second kappa shape index (κ2) is 9.94. The maximum atomic E-state index is 9.45. The van der Waals surface area contributed by atoms with E-state index in [1.807, 2.05) is 55.5 Å². The molecule has 3 aromatic heterocycles. The molecule has 174 valence electrons. The van der Waals surface area contributed by atoms with Crippen molar-refractivity contribution in [2.45, 2.75) is 53.1 Å². The van der Waals surface area contributed by atoms with Gasteiger partial charge in [-0.25, -0.2) is 9.97 Å². The van der Waals surface area contributed by atoms with Gasteiger partial charge in [-0.2, -0.15) is 10.4 Å². The first-order chi connectivity index (χ1) is 15.5. The fourth-order valence-electron chi connectivity index (χ4n) is 3.99. The van der Waals surface area contributed by atoms with Gasteiger partial charge in [0.25, 0.3) is 0 Å². The lowest BCUT2D eigenvalue weighted by molar-refractivity contribution is 0.476. The number of aryl methyl sites for hydroxylation is 2. The van der Waals surface area contributed by atoms with Crippen molar-refractivity contribution in [2.75, 3.05) is 11.9 Å². The molecule has 0 N–H and O–H groups in total. The normalized spacial score (nSPS) is 12.0. The number of fused-ring (bicyclic) bond motifs is 1. The van der Waals surface area contributed by atoms with Gasteiger partial charge in [-0.05, 0) is 50.5 Å². The Balaban J connectivity index is 2.05. The summed E-state index contributed by atoms with van der Waals surface area (Å²) in [5, 5.41) is 15.6. The van der Waals surface area contributed by atoms with Crippen molar-refractivity contribution < 1.29 is 0 Å². The molecule has 0 aliphatic rings. The van der Waals surface area contributed by atoms with Crippen LogP contribution in [0.2, 0.25) is 10.3 Å². The summed E-state index contributed by atoms with van der Waals surface area (Å²) in [6.07, 6.45) is 1.93. The average molecular weight is 487 g/mol. The van der Waals surface area contributed by atoms with Crippen LogP contribution in [0.3, 0.4) is 0 Å². The SMILES string of the molecule is Cc1nn(C)c2nc(CN(C)/C(=N/C#N)N(c3cc(Cl)nc(Cl)c3)C(C)C)cc(C(C)C)c12. The monoisotopic (exact) mass is 486 g/mol. The molecule has 3 rings (SSSR count). The molecule has 0 radical (unpaired) electrons. The number of guanidine groups is 1. The molecule has 0 amide bonds. The van der Waals surface area contributed by atoms with Crippen LogP contribution < -0.4 is 4.90 Å². The Bertz CT molecular complexity index is 1220. The number of anilines is 1. The Morgan fingerprint density at radius 1 is 1.15 bits per heavy atom. The van der Waals surface area contributed by atoms with E-state index < -0.39 is 0 Å². The molecule has 3 aromatic rings. The molecule has 0 saturated carbocycles. The number of hydrogen-bond acceptors (Lipinski definition) is 5. The fourth-order valence-corrected chi connectivity index (χ4v) is 4.43. The highest BCUT2D eigenvalue weighted by Crippen LogP contribution is 2.29. The topological polar surface area (TPSA) is 86.2 Å². The highest BCUT2D eigenvalue weighted by Gasteiger charge is 2.24. The zero-order valence-corrected chi connectivity index (χ0v) is 21.4. The van der Waals surface area contributed by atoms with E-state index in [2.05, 4.69) is 35.0 Å². The summed E-state index contributed by atoms with van der Waals surface area (Å²) in [7, 11) is 3.78. The Hall–Kier alpha value is -2.89. The van der Waals surface area contributed by atoms with Gasteiger partial charge < -0.3 is 9.80 Å². The van der Waals surface area contributed by atoms with E-state index in [0.717, 1.165) is 22.4 Å². The molecule has 0 atom stereocenters. The summed E-state index contributed by atoms with van der Waals surface area (Å²) >= 11 is 12.3. The summed E-state index contributed by atoms with van der Waals surface area (Å²) < 4.78 is 1.81. The smallest absolute Gasteiger partial charge is 0.217 e. The number of aromatic nitrogens is 4. The molecule has 10 heteroatoms. The predicted octanol–water partition coefficient (Wildman–Crippen LogP) is 5.29. The van der Waals surface area contributed by atoms with Crippen molar-refractivity contribution in [2.24, 2.45) is 12.0 Å². The molecule has 0 aromatic carbocycles. The number of hydrogen-bond donors (Lipinski definition) is 0. The lowest BCUT2D eigenvalue weighted by atomic mass is 9.99. The van der Waals surface area contributed by atoms with Crippen LogP contribution in [0.4, 0.5) is 5.69 Å². The van der Waals surface area contributed by atoms with Crippen molar-refractivity contribution in [3.8, 4) is 6.19 Å². The Kier molecular flexibility index (Phi) is 7.45. The fraction of sp³-hybridized carbons (Fsp3) is 0.435. The highest BCUT2D eigenvalue weighted by atomic mass is 35.5. The maximum Gasteiger partial charge on any atom is 0.217 e. The van der Waals surface area contributed by atoms with Crippen molar-refractivity contribution in [3.63, 3.8) is 0 Å². The molecule has 0 aliphatic carbocycles. The number of nitriles is 1. The molecular formula is C23H28Cl2N8. The van der Waals surface area contributed by atoms with E-state index in [4.69, 9.17) is 28.2 Å². The van der Waals surface area contributed by atoms with Gasteiger partial charge in [0.2, 0.25) is 12.2 Å². The van der Waals surface area contributed by atoms with E-state index in [-0.39, 0.29) is 16.3 Å². The largest absolute Gasteiger partial charge is 0.339 e. The van der Waals surface area contributed by atoms with Crippen molar-refractivity contribution in [1.82, 2.24) is 24.6 Å². The van der Waals surface area contributed by atoms with Crippen LogP contribution in [0.15, 0.2) is 23.2 Å². The first-order valence-corrected chi connectivity index (χ1v) is 11.4. The van der Waals surface area contributed by atoms with Gasteiger partial charge in [0.05, 0.1) is 23.6 Å². The first-order valence-electron chi connectivity index (χ1n) is 10.7. The van der Waals surface area contributed by atoms with Crippen LogP contribution in [-0.2, 0) is 13.6 Å². The maximum absolute atomic E-state index is 9.45. The van der Waals surface area contributed by atoms with Crippen LogP contribution in [0.5, 0.6) is 0 Å². The van der Waals surface area contributed by atoms with Crippen molar-refractivity contribution in [3.05, 3.63) is 45.5 Å². The lowest BCUT2D eigenvalue weighted by Gasteiger charge is -2.34. The summed E-state index contributed by atoms with van der Waals surface area (Å²) in [5.41, 5.74) is 4.56. The summed E-state index contributed by atoms with van der Waals surface area (Å²) in [5.74, 6) is 0.767. The third kappa shape index (κ3) is 5.21. The molecule has 0 spiro atoms. The number of aliphatic imine (C=N–C) groups is 1.